The predicted molar refractivity (Wildman–Crippen MR) is 73.4 cm³/mol. The number of ether oxygens (including phenoxy) is 2. The molecule has 0 heterocycles. The lowest BCUT2D eigenvalue weighted by Crippen LogP contribution is -2.49. The maximum atomic E-state index is 11.5. The highest BCUT2D eigenvalue weighted by molar-refractivity contribution is 5.74. The molecule has 7 heteroatoms. The SMILES string of the molecule is COC(C)(C)[C@H](ONC(=O)OCc1ccccc1)C(=O)O. The number of amides is 1. The molecule has 0 bridgehead atoms. The molecule has 1 rings (SSSR count). The Morgan fingerprint density at radius 2 is 1.90 bits per heavy atom. The Labute approximate surface area is 122 Å². The molecule has 21 heavy (non-hydrogen) atoms. The summed E-state index contributed by atoms with van der Waals surface area (Å²) in [5, 5.41) is 9.06. The number of carboxylic acid groups (broad SMARTS) is 1. The van der Waals surface area contributed by atoms with E-state index in [1.54, 1.807) is 12.1 Å². The Hall–Kier alpha value is -2.12. The van der Waals surface area contributed by atoms with E-state index in [0.717, 1.165) is 5.56 Å². The summed E-state index contributed by atoms with van der Waals surface area (Å²) in [4.78, 5) is 27.4. The molecule has 0 aliphatic carbocycles. The number of methoxy groups -OCH3 is 1. The fraction of sp³-hybridized carbons (Fsp3) is 0.429. The van der Waals surface area contributed by atoms with Gasteiger partial charge in [-0.2, -0.15) is 5.48 Å². The molecule has 0 fully saturated rings. The average Bonchev–Trinajstić information content (AvgIpc) is 2.45. The first-order valence-electron chi connectivity index (χ1n) is 6.27. The monoisotopic (exact) mass is 297 g/mol. The predicted octanol–water partition coefficient (Wildman–Crippen LogP) is 1.72. The van der Waals surface area contributed by atoms with Gasteiger partial charge in [0.2, 0.25) is 6.10 Å². The molecule has 1 atom stereocenters. The summed E-state index contributed by atoms with van der Waals surface area (Å²) < 4.78 is 9.92. The zero-order chi connectivity index (χ0) is 15.9. The third-order valence-corrected chi connectivity index (χ3v) is 2.85. The third kappa shape index (κ3) is 5.41. The van der Waals surface area contributed by atoms with Gasteiger partial charge in [0.05, 0.1) is 0 Å². The second-order valence-electron chi connectivity index (χ2n) is 4.81. The maximum absolute atomic E-state index is 11.5. The summed E-state index contributed by atoms with van der Waals surface area (Å²) in [7, 11) is 1.35. The van der Waals surface area contributed by atoms with Crippen LogP contribution in [0.25, 0.3) is 0 Å². The van der Waals surface area contributed by atoms with Crippen LogP contribution in [0.2, 0.25) is 0 Å². The minimum Gasteiger partial charge on any atom is -0.479 e. The number of carbonyl (C=O) groups is 2. The summed E-state index contributed by atoms with van der Waals surface area (Å²) in [6.07, 6.45) is -2.25. The van der Waals surface area contributed by atoms with Crippen LogP contribution in [0.15, 0.2) is 30.3 Å². The second kappa shape index (κ2) is 7.61. The molecule has 0 aliphatic rings. The van der Waals surface area contributed by atoms with Crippen LogP contribution in [-0.4, -0.2) is 36.0 Å². The van der Waals surface area contributed by atoms with Gasteiger partial charge in [-0.1, -0.05) is 30.3 Å². The van der Waals surface area contributed by atoms with E-state index < -0.39 is 23.8 Å². The molecule has 0 aliphatic heterocycles. The molecular formula is C14H19NO6. The number of nitrogens with one attached hydrogen (secondary N) is 1. The number of aliphatic carboxylic acids is 1. The Morgan fingerprint density at radius 3 is 2.43 bits per heavy atom. The van der Waals surface area contributed by atoms with E-state index in [4.69, 9.17) is 19.4 Å². The zero-order valence-electron chi connectivity index (χ0n) is 12.2. The van der Waals surface area contributed by atoms with Crippen molar-refractivity contribution >= 4 is 12.1 Å². The minimum absolute atomic E-state index is 0.0570. The van der Waals surface area contributed by atoms with Crippen LogP contribution in [-0.2, 0) is 25.7 Å². The summed E-state index contributed by atoms with van der Waals surface area (Å²) >= 11 is 0. The number of rotatable bonds is 7. The first-order chi connectivity index (χ1) is 9.86. The number of hydrogen-bond acceptors (Lipinski definition) is 5. The van der Waals surface area contributed by atoms with E-state index in [-0.39, 0.29) is 6.61 Å². The molecule has 0 unspecified atom stereocenters. The van der Waals surface area contributed by atoms with Crippen molar-refractivity contribution in [3.8, 4) is 0 Å². The van der Waals surface area contributed by atoms with Crippen molar-refractivity contribution in [1.82, 2.24) is 5.48 Å². The van der Waals surface area contributed by atoms with Crippen molar-refractivity contribution in [2.45, 2.75) is 32.2 Å². The maximum Gasteiger partial charge on any atom is 0.431 e. The van der Waals surface area contributed by atoms with E-state index in [1.165, 1.54) is 21.0 Å². The van der Waals surface area contributed by atoms with Gasteiger partial charge in [0.25, 0.3) is 0 Å². The second-order valence-corrected chi connectivity index (χ2v) is 4.81. The van der Waals surface area contributed by atoms with E-state index in [0.29, 0.717) is 0 Å². The number of hydroxylamine groups is 1. The first-order valence-corrected chi connectivity index (χ1v) is 6.27. The van der Waals surface area contributed by atoms with Gasteiger partial charge in [0, 0.05) is 7.11 Å². The number of hydrogen-bond donors (Lipinski definition) is 2. The highest BCUT2D eigenvalue weighted by Gasteiger charge is 2.37. The summed E-state index contributed by atoms with van der Waals surface area (Å²) in [5.74, 6) is -1.26. The van der Waals surface area contributed by atoms with Crippen molar-refractivity contribution in [1.29, 1.82) is 0 Å². The molecule has 0 saturated carbocycles. The van der Waals surface area contributed by atoms with E-state index >= 15 is 0 Å². The van der Waals surface area contributed by atoms with Gasteiger partial charge in [-0.3, -0.25) is 4.84 Å². The van der Waals surface area contributed by atoms with Crippen LogP contribution in [0.5, 0.6) is 0 Å². The zero-order valence-corrected chi connectivity index (χ0v) is 12.2. The first kappa shape index (κ1) is 16.9. The number of benzene rings is 1. The van der Waals surface area contributed by atoms with Crippen LogP contribution in [0.4, 0.5) is 4.79 Å². The lowest BCUT2D eigenvalue weighted by atomic mass is 10.0. The van der Waals surface area contributed by atoms with Gasteiger partial charge >= 0.3 is 12.1 Å². The van der Waals surface area contributed by atoms with Crippen molar-refractivity contribution in [2.75, 3.05) is 7.11 Å². The molecule has 7 nitrogen and oxygen atoms in total. The lowest BCUT2D eigenvalue weighted by molar-refractivity contribution is -0.180. The van der Waals surface area contributed by atoms with Crippen molar-refractivity contribution in [2.24, 2.45) is 0 Å². The highest BCUT2D eigenvalue weighted by Crippen LogP contribution is 2.16. The molecule has 0 aromatic heterocycles. The molecule has 0 saturated heterocycles. The van der Waals surface area contributed by atoms with E-state index in [1.807, 2.05) is 23.7 Å². The van der Waals surface area contributed by atoms with Gasteiger partial charge in [-0.15, -0.1) is 0 Å². The Balaban J connectivity index is 2.45. The van der Waals surface area contributed by atoms with Crippen LogP contribution in [0, 0.1) is 0 Å². The minimum atomic E-state index is -1.37. The molecular weight excluding hydrogens is 278 g/mol. The van der Waals surface area contributed by atoms with Gasteiger partial charge in [-0.05, 0) is 19.4 Å². The standard InChI is InChI=1S/C14H19NO6/c1-14(2,19-3)11(12(16)17)21-15-13(18)20-9-10-7-5-4-6-8-10/h4-8,11H,9H2,1-3H3,(H,15,18)(H,16,17)/t11-/m1/s1. The number of carbonyl (C=O) groups excluding carboxylic acids is 1. The van der Waals surface area contributed by atoms with Crippen LogP contribution in [0.3, 0.4) is 0 Å². The van der Waals surface area contributed by atoms with Crippen molar-refractivity contribution < 1.29 is 29.0 Å². The summed E-state index contributed by atoms with van der Waals surface area (Å²) in [5.41, 5.74) is 1.65. The van der Waals surface area contributed by atoms with Gasteiger partial charge < -0.3 is 14.6 Å². The summed E-state index contributed by atoms with van der Waals surface area (Å²) in [6.45, 7) is 3.12. The molecule has 1 aromatic carbocycles. The third-order valence-electron chi connectivity index (χ3n) is 2.85. The summed E-state index contributed by atoms with van der Waals surface area (Å²) in [6, 6.07) is 9.06. The highest BCUT2D eigenvalue weighted by atomic mass is 16.7. The van der Waals surface area contributed by atoms with Gasteiger partial charge in [-0.25, -0.2) is 9.59 Å². The fourth-order valence-electron chi connectivity index (χ4n) is 1.46. The quantitative estimate of drug-likeness (QED) is 0.744. The molecule has 116 valence electrons. The normalized spacial score (nSPS) is 12.5. The number of carboxylic acids is 1. The fourth-order valence-corrected chi connectivity index (χ4v) is 1.46. The van der Waals surface area contributed by atoms with Gasteiger partial charge in [0.1, 0.15) is 12.2 Å². The topological polar surface area (TPSA) is 94.1 Å². The Morgan fingerprint density at radius 1 is 1.29 bits per heavy atom. The molecule has 1 aromatic rings. The molecule has 1 amide bonds. The molecule has 2 N–H and O–H groups in total. The van der Waals surface area contributed by atoms with Crippen LogP contribution in [0.1, 0.15) is 19.4 Å². The Bertz CT molecular complexity index is 474. The van der Waals surface area contributed by atoms with Gasteiger partial charge in [0.15, 0.2) is 0 Å². The van der Waals surface area contributed by atoms with Crippen LogP contribution < -0.4 is 5.48 Å². The van der Waals surface area contributed by atoms with E-state index in [9.17, 15) is 9.59 Å². The van der Waals surface area contributed by atoms with Crippen LogP contribution >= 0.6 is 0 Å². The largest absolute Gasteiger partial charge is 0.479 e. The van der Waals surface area contributed by atoms with Crippen molar-refractivity contribution in [3.05, 3.63) is 35.9 Å². The lowest BCUT2D eigenvalue weighted by Gasteiger charge is -2.28. The van der Waals surface area contributed by atoms with Crippen molar-refractivity contribution in [3.63, 3.8) is 0 Å². The molecule has 0 radical (unpaired) electrons. The average molecular weight is 297 g/mol. The smallest absolute Gasteiger partial charge is 0.431 e. The van der Waals surface area contributed by atoms with E-state index in [2.05, 4.69) is 0 Å². The molecule has 0 spiro atoms. The Kier molecular flexibility index (Phi) is 6.13.